The van der Waals surface area contributed by atoms with Crippen molar-refractivity contribution in [1.82, 2.24) is 0 Å². The molecule has 3 heteroatoms. The highest BCUT2D eigenvalue weighted by atomic mass is 79.9. The van der Waals surface area contributed by atoms with Gasteiger partial charge in [-0.1, -0.05) is 41.3 Å². The minimum atomic E-state index is 0.0972. The quantitative estimate of drug-likeness (QED) is 0.517. The van der Waals surface area contributed by atoms with Crippen LogP contribution in [0.3, 0.4) is 0 Å². The molecule has 108 valence electrons. The van der Waals surface area contributed by atoms with Crippen molar-refractivity contribution in [2.45, 2.75) is 51.9 Å². The number of unbranched alkanes of at least 4 members (excludes halogenated alkanes) is 5. The second kappa shape index (κ2) is 10.5. The van der Waals surface area contributed by atoms with Gasteiger partial charge in [-0.3, -0.25) is 4.79 Å². The van der Waals surface area contributed by atoms with E-state index in [2.05, 4.69) is 33.1 Å². The third-order valence-corrected chi connectivity index (χ3v) is 3.48. The fourth-order valence-electron chi connectivity index (χ4n) is 1.94. The maximum absolute atomic E-state index is 11.8. The molecule has 0 spiro atoms. The Morgan fingerprint density at radius 3 is 2.70 bits per heavy atom. The Morgan fingerprint density at radius 2 is 1.95 bits per heavy atom. The summed E-state index contributed by atoms with van der Waals surface area (Å²) in [5, 5.41) is 2.91. The van der Waals surface area contributed by atoms with Gasteiger partial charge in [0.2, 0.25) is 5.91 Å². The van der Waals surface area contributed by atoms with Crippen LogP contribution in [-0.2, 0) is 4.79 Å². The molecular formula is C17H22BrNO. The zero-order valence-electron chi connectivity index (χ0n) is 12.0. The molecule has 0 aliphatic carbocycles. The minimum Gasteiger partial charge on any atom is -0.326 e. The predicted molar refractivity (Wildman–Crippen MR) is 88.5 cm³/mol. The van der Waals surface area contributed by atoms with E-state index in [-0.39, 0.29) is 5.91 Å². The molecule has 0 aliphatic rings. The van der Waals surface area contributed by atoms with E-state index in [1.807, 2.05) is 31.2 Å². The van der Waals surface area contributed by atoms with Crippen molar-refractivity contribution in [3.8, 4) is 11.8 Å². The summed E-state index contributed by atoms with van der Waals surface area (Å²) in [6.45, 7) is 1.88. The second-order valence-electron chi connectivity index (χ2n) is 4.75. The van der Waals surface area contributed by atoms with Crippen LogP contribution in [0.15, 0.2) is 28.7 Å². The van der Waals surface area contributed by atoms with Gasteiger partial charge in [-0.2, -0.15) is 0 Å². The second-order valence-corrected chi connectivity index (χ2v) is 5.67. The molecule has 0 saturated heterocycles. The third kappa shape index (κ3) is 8.01. The normalized spacial score (nSPS) is 9.70. The van der Waals surface area contributed by atoms with Gasteiger partial charge in [0, 0.05) is 23.0 Å². The lowest BCUT2D eigenvalue weighted by molar-refractivity contribution is -0.116. The number of nitrogens with one attached hydrogen (secondary N) is 1. The number of amides is 1. The number of anilines is 1. The number of rotatable bonds is 8. The molecule has 2 nitrogen and oxygen atoms in total. The standard InChI is InChI=1S/C17H22BrNO/c1-2-3-4-5-6-7-8-9-13-17(20)19-16-12-10-11-15(18)14-16/h10-12,14H,4-9,13H2,1H3,(H,19,20). The molecule has 0 atom stereocenters. The van der Waals surface area contributed by atoms with Crippen molar-refractivity contribution in [2.75, 3.05) is 5.32 Å². The molecule has 0 heterocycles. The molecule has 0 fully saturated rings. The largest absolute Gasteiger partial charge is 0.326 e. The SMILES string of the molecule is CC#CCCCCCCCC(=O)Nc1cccc(Br)c1. The van der Waals surface area contributed by atoms with Crippen LogP contribution in [0.1, 0.15) is 51.9 Å². The van der Waals surface area contributed by atoms with E-state index in [0.29, 0.717) is 6.42 Å². The number of halogens is 1. The summed E-state index contributed by atoms with van der Waals surface area (Å²) < 4.78 is 0.977. The molecule has 1 rings (SSSR count). The highest BCUT2D eigenvalue weighted by molar-refractivity contribution is 9.10. The monoisotopic (exact) mass is 335 g/mol. The van der Waals surface area contributed by atoms with E-state index in [1.165, 1.54) is 19.3 Å². The van der Waals surface area contributed by atoms with Crippen LogP contribution in [0.2, 0.25) is 0 Å². The van der Waals surface area contributed by atoms with E-state index in [9.17, 15) is 4.79 Å². The summed E-state index contributed by atoms with van der Waals surface area (Å²) in [6, 6.07) is 7.67. The maximum Gasteiger partial charge on any atom is 0.224 e. The first kappa shape index (κ1) is 16.8. The number of hydrogen-bond donors (Lipinski definition) is 1. The molecule has 1 N–H and O–H groups in total. The zero-order valence-corrected chi connectivity index (χ0v) is 13.6. The Labute approximate surface area is 130 Å². The molecular weight excluding hydrogens is 314 g/mol. The highest BCUT2D eigenvalue weighted by Crippen LogP contribution is 2.16. The Kier molecular flexibility index (Phi) is 8.82. The van der Waals surface area contributed by atoms with Crippen LogP contribution in [-0.4, -0.2) is 5.91 Å². The molecule has 0 unspecified atom stereocenters. The summed E-state index contributed by atoms with van der Waals surface area (Å²) in [7, 11) is 0. The van der Waals surface area contributed by atoms with Gasteiger partial charge in [-0.25, -0.2) is 0 Å². The first-order valence-corrected chi connectivity index (χ1v) is 7.96. The van der Waals surface area contributed by atoms with Crippen molar-refractivity contribution in [1.29, 1.82) is 0 Å². The van der Waals surface area contributed by atoms with Crippen LogP contribution in [0, 0.1) is 11.8 Å². The molecule has 0 radical (unpaired) electrons. The van der Waals surface area contributed by atoms with Gasteiger partial charge in [0.05, 0.1) is 0 Å². The summed E-state index contributed by atoms with van der Waals surface area (Å²) in [5.41, 5.74) is 0.850. The van der Waals surface area contributed by atoms with Gasteiger partial charge in [-0.15, -0.1) is 11.8 Å². The van der Waals surface area contributed by atoms with Crippen molar-refractivity contribution in [3.05, 3.63) is 28.7 Å². The van der Waals surface area contributed by atoms with Gasteiger partial charge in [0.1, 0.15) is 0 Å². The Balaban J connectivity index is 2.07. The average Bonchev–Trinajstić information content (AvgIpc) is 2.42. The number of benzene rings is 1. The molecule has 0 aromatic heterocycles. The molecule has 20 heavy (non-hydrogen) atoms. The summed E-state index contributed by atoms with van der Waals surface area (Å²) in [4.78, 5) is 11.8. The Hall–Kier alpha value is -1.27. The lowest BCUT2D eigenvalue weighted by atomic mass is 10.1. The van der Waals surface area contributed by atoms with E-state index in [1.54, 1.807) is 0 Å². The summed E-state index contributed by atoms with van der Waals surface area (Å²) >= 11 is 3.39. The highest BCUT2D eigenvalue weighted by Gasteiger charge is 2.02. The van der Waals surface area contributed by atoms with Crippen LogP contribution in [0.4, 0.5) is 5.69 Å². The number of carbonyl (C=O) groups excluding carboxylic acids is 1. The van der Waals surface area contributed by atoms with Gasteiger partial charge in [0.25, 0.3) is 0 Å². The van der Waals surface area contributed by atoms with Crippen molar-refractivity contribution in [2.24, 2.45) is 0 Å². The predicted octanol–water partition coefficient (Wildman–Crippen LogP) is 5.14. The first-order chi connectivity index (χ1) is 9.72. The van der Waals surface area contributed by atoms with E-state index in [4.69, 9.17) is 0 Å². The average molecular weight is 336 g/mol. The Morgan fingerprint density at radius 1 is 1.20 bits per heavy atom. The molecule has 0 aliphatic heterocycles. The van der Waals surface area contributed by atoms with Crippen molar-refractivity contribution in [3.63, 3.8) is 0 Å². The minimum absolute atomic E-state index is 0.0972. The van der Waals surface area contributed by atoms with Gasteiger partial charge >= 0.3 is 0 Å². The van der Waals surface area contributed by atoms with Crippen LogP contribution in [0.5, 0.6) is 0 Å². The summed E-state index contributed by atoms with van der Waals surface area (Å²) in [5.74, 6) is 6.07. The molecule has 0 saturated carbocycles. The topological polar surface area (TPSA) is 29.1 Å². The van der Waals surface area contributed by atoms with Crippen molar-refractivity contribution >= 4 is 27.5 Å². The molecule has 1 amide bonds. The number of hydrogen-bond acceptors (Lipinski definition) is 1. The summed E-state index contributed by atoms with van der Waals surface area (Å²) in [6.07, 6.45) is 7.24. The fraction of sp³-hybridized carbons (Fsp3) is 0.471. The van der Waals surface area contributed by atoms with Gasteiger partial charge in [-0.05, 0) is 38.0 Å². The van der Waals surface area contributed by atoms with Gasteiger partial charge in [0.15, 0.2) is 0 Å². The van der Waals surface area contributed by atoms with E-state index < -0.39 is 0 Å². The number of carbonyl (C=O) groups is 1. The van der Waals surface area contributed by atoms with Gasteiger partial charge < -0.3 is 5.32 Å². The lowest BCUT2D eigenvalue weighted by Crippen LogP contribution is -2.10. The third-order valence-electron chi connectivity index (χ3n) is 2.99. The smallest absolute Gasteiger partial charge is 0.224 e. The van der Waals surface area contributed by atoms with E-state index >= 15 is 0 Å². The Bertz CT molecular complexity index is 473. The lowest BCUT2D eigenvalue weighted by Gasteiger charge is -2.05. The molecule has 0 bridgehead atoms. The molecule has 1 aromatic carbocycles. The van der Waals surface area contributed by atoms with Crippen molar-refractivity contribution < 1.29 is 4.79 Å². The van der Waals surface area contributed by atoms with Crippen LogP contribution in [0.25, 0.3) is 0 Å². The maximum atomic E-state index is 11.8. The first-order valence-electron chi connectivity index (χ1n) is 7.17. The molecule has 1 aromatic rings. The fourth-order valence-corrected chi connectivity index (χ4v) is 2.34. The zero-order chi connectivity index (χ0) is 14.6. The van der Waals surface area contributed by atoms with Crippen LogP contribution >= 0.6 is 15.9 Å². The van der Waals surface area contributed by atoms with Crippen LogP contribution < -0.4 is 5.32 Å². The van der Waals surface area contributed by atoms with E-state index in [0.717, 1.165) is 29.4 Å².